The Morgan fingerprint density at radius 2 is 1.95 bits per heavy atom. The van der Waals surface area contributed by atoms with Crippen molar-refractivity contribution in [3.05, 3.63) is 0 Å². The molecule has 0 radical (unpaired) electrons. The molecule has 1 rings (SSSR count). The molecule has 110 valence electrons. The molecule has 0 bridgehead atoms. The van der Waals surface area contributed by atoms with Gasteiger partial charge in [-0.3, -0.25) is 10.2 Å². The first-order valence-corrected chi connectivity index (χ1v) is 7.09. The highest BCUT2D eigenvalue weighted by Crippen LogP contribution is 2.32. The quantitative estimate of drug-likeness (QED) is 0.677. The monoisotopic (exact) mass is 269 g/mol. The van der Waals surface area contributed by atoms with Gasteiger partial charge in [0, 0.05) is 33.4 Å². The summed E-state index contributed by atoms with van der Waals surface area (Å²) in [5.41, 5.74) is -0.336. The Labute approximate surface area is 116 Å². The largest absolute Gasteiger partial charge is 0.383 e. The molecular formula is C14H27N3O2. The van der Waals surface area contributed by atoms with Crippen molar-refractivity contribution in [1.29, 1.82) is 5.26 Å². The molecule has 1 aliphatic carbocycles. The Morgan fingerprint density at radius 3 is 2.42 bits per heavy atom. The standard InChI is InChI=1S/C14H27N3O2/c1-4-16-14(12-15)6-5-13(11-14)17(7-9-18-2)8-10-19-3/h13,16H,4-11H2,1-3H3. The van der Waals surface area contributed by atoms with E-state index in [-0.39, 0.29) is 5.54 Å². The molecule has 1 saturated carbocycles. The van der Waals surface area contributed by atoms with Gasteiger partial charge in [0.1, 0.15) is 5.54 Å². The third-order valence-corrected chi connectivity index (χ3v) is 3.90. The fraction of sp³-hybridized carbons (Fsp3) is 0.929. The van der Waals surface area contributed by atoms with E-state index in [1.165, 1.54) is 0 Å². The van der Waals surface area contributed by atoms with Gasteiger partial charge in [0.05, 0.1) is 19.3 Å². The highest BCUT2D eigenvalue weighted by molar-refractivity contribution is 5.13. The second-order valence-electron chi connectivity index (χ2n) is 5.14. The highest BCUT2D eigenvalue weighted by Gasteiger charge is 2.40. The zero-order chi connectivity index (χ0) is 14.1. The number of rotatable bonds is 9. The van der Waals surface area contributed by atoms with E-state index < -0.39 is 0 Å². The minimum absolute atomic E-state index is 0.336. The SMILES string of the molecule is CCNC1(C#N)CCC(N(CCOC)CCOC)C1. The fourth-order valence-electron chi connectivity index (χ4n) is 2.87. The molecule has 0 aliphatic heterocycles. The minimum Gasteiger partial charge on any atom is -0.383 e. The van der Waals surface area contributed by atoms with Crippen LogP contribution in [0.5, 0.6) is 0 Å². The molecule has 0 aromatic carbocycles. The lowest BCUT2D eigenvalue weighted by Crippen LogP contribution is -2.45. The lowest BCUT2D eigenvalue weighted by atomic mass is 9.99. The Morgan fingerprint density at radius 1 is 1.32 bits per heavy atom. The van der Waals surface area contributed by atoms with E-state index in [2.05, 4.69) is 23.2 Å². The maximum atomic E-state index is 9.42. The first-order valence-electron chi connectivity index (χ1n) is 7.09. The van der Waals surface area contributed by atoms with Gasteiger partial charge in [-0.05, 0) is 25.8 Å². The van der Waals surface area contributed by atoms with Crippen molar-refractivity contribution in [2.45, 2.75) is 37.8 Å². The van der Waals surface area contributed by atoms with Crippen LogP contribution >= 0.6 is 0 Å². The van der Waals surface area contributed by atoms with Gasteiger partial charge in [0.25, 0.3) is 0 Å². The summed E-state index contributed by atoms with van der Waals surface area (Å²) in [6, 6.07) is 2.92. The van der Waals surface area contributed by atoms with Crippen LogP contribution in [0.4, 0.5) is 0 Å². The smallest absolute Gasteiger partial charge is 0.108 e. The van der Waals surface area contributed by atoms with Gasteiger partial charge in [-0.1, -0.05) is 6.92 Å². The maximum Gasteiger partial charge on any atom is 0.108 e. The molecule has 0 aromatic rings. The third kappa shape index (κ3) is 4.73. The summed E-state index contributed by atoms with van der Waals surface area (Å²) >= 11 is 0. The molecule has 1 aliphatic rings. The maximum absolute atomic E-state index is 9.42. The second-order valence-corrected chi connectivity index (χ2v) is 5.14. The van der Waals surface area contributed by atoms with Crippen molar-refractivity contribution >= 4 is 0 Å². The zero-order valence-electron chi connectivity index (χ0n) is 12.4. The number of ether oxygens (including phenoxy) is 2. The van der Waals surface area contributed by atoms with Gasteiger partial charge in [-0.2, -0.15) is 5.26 Å². The van der Waals surface area contributed by atoms with E-state index in [0.717, 1.165) is 52.1 Å². The first kappa shape index (κ1) is 16.4. The van der Waals surface area contributed by atoms with Gasteiger partial charge in [-0.25, -0.2) is 0 Å². The average Bonchev–Trinajstić information content (AvgIpc) is 2.84. The number of methoxy groups -OCH3 is 2. The molecular weight excluding hydrogens is 242 g/mol. The van der Waals surface area contributed by atoms with Crippen molar-refractivity contribution < 1.29 is 9.47 Å². The minimum atomic E-state index is -0.336. The van der Waals surface area contributed by atoms with Crippen LogP contribution in [0, 0.1) is 11.3 Å². The Kier molecular flexibility index (Phi) is 7.32. The Balaban J connectivity index is 2.58. The van der Waals surface area contributed by atoms with Crippen LogP contribution in [0.2, 0.25) is 0 Å². The summed E-state index contributed by atoms with van der Waals surface area (Å²) in [6.45, 7) is 6.15. The highest BCUT2D eigenvalue weighted by atomic mass is 16.5. The molecule has 1 N–H and O–H groups in total. The number of nitrogens with zero attached hydrogens (tertiary/aromatic N) is 2. The van der Waals surface area contributed by atoms with Gasteiger partial charge in [0.2, 0.25) is 0 Å². The normalized spacial score (nSPS) is 26.8. The fourth-order valence-corrected chi connectivity index (χ4v) is 2.87. The summed E-state index contributed by atoms with van der Waals surface area (Å²) < 4.78 is 10.3. The number of hydrogen-bond donors (Lipinski definition) is 1. The number of nitrogens with one attached hydrogen (secondary N) is 1. The van der Waals surface area contributed by atoms with Crippen molar-refractivity contribution in [2.75, 3.05) is 47.1 Å². The van der Waals surface area contributed by atoms with Crippen molar-refractivity contribution in [2.24, 2.45) is 0 Å². The third-order valence-electron chi connectivity index (χ3n) is 3.90. The van der Waals surface area contributed by atoms with Crippen LogP contribution in [-0.4, -0.2) is 63.5 Å². The summed E-state index contributed by atoms with van der Waals surface area (Å²) in [7, 11) is 3.45. The van der Waals surface area contributed by atoms with Crippen LogP contribution in [-0.2, 0) is 9.47 Å². The Bertz CT molecular complexity index is 285. The van der Waals surface area contributed by atoms with E-state index in [9.17, 15) is 5.26 Å². The topological polar surface area (TPSA) is 57.5 Å². The van der Waals surface area contributed by atoms with E-state index in [1.54, 1.807) is 14.2 Å². The number of hydrogen-bond acceptors (Lipinski definition) is 5. The summed E-state index contributed by atoms with van der Waals surface area (Å²) in [5.74, 6) is 0. The molecule has 0 saturated heterocycles. The van der Waals surface area contributed by atoms with Crippen LogP contribution in [0.3, 0.4) is 0 Å². The van der Waals surface area contributed by atoms with E-state index >= 15 is 0 Å². The summed E-state index contributed by atoms with van der Waals surface area (Å²) in [6.07, 6.45) is 2.89. The van der Waals surface area contributed by atoms with Crippen molar-refractivity contribution in [3.8, 4) is 6.07 Å². The molecule has 5 nitrogen and oxygen atoms in total. The summed E-state index contributed by atoms with van der Waals surface area (Å²) in [4.78, 5) is 2.39. The van der Waals surface area contributed by atoms with Crippen LogP contribution < -0.4 is 5.32 Å². The molecule has 1 fully saturated rings. The van der Waals surface area contributed by atoms with Crippen molar-refractivity contribution in [3.63, 3.8) is 0 Å². The lowest BCUT2D eigenvalue weighted by molar-refractivity contribution is 0.0870. The molecule has 0 spiro atoms. The molecule has 2 atom stereocenters. The van der Waals surface area contributed by atoms with Crippen LogP contribution in [0.25, 0.3) is 0 Å². The van der Waals surface area contributed by atoms with E-state index in [0.29, 0.717) is 6.04 Å². The molecule has 0 amide bonds. The zero-order valence-corrected chi connectivity index (χ0v) is 12.4. The average molecular weight is 269 g/mol. The van der Waals surface area contributed by atoms with E-state index in [1.807, 2.05) is 0 Å². The summed E-state index contributed by atoms with van der Waals surface area (Å²) in [5, 5.41) is 12.8. The van der Waals surface area contributed by atoms with Crippen LogP contribution in [0.1, 0.15) is 26.2 Å². The first-order chi connectivity index (χ1) is 9.21. The second kappa shape index (κ2) is 8.49. The lowest BCUT2D eigenvalue weighted by Gasteiger charge is -2.30. The van der Waals surface area contributed by atoms with Gasteiger partial charge >= 0.3 is 0 Å². The van der Waals surface area contributed by atoms with Gasteiger partial charge in [0.15, 0.2) is 0 Å². The van der Waals surface area contributed by atoms with Gasteiger partial charge < -0.3 is 9.47 Å². The van der Waals surface area contributed by atoms with Crippen LogP contribution in [0.15, 0.2) is 0 Å². The molecule has 19 heavy (non-hydrogen) atoms. The molecule has 0 aromatic heterocycles. The molecule has 0 heterocycles. The predicted molar refractivity (Wildman–Crippen MR) is 75.0 cm³/mol. The molecule has 2 unspecified atom stereocenters. The van der Waals surface area contributed by atoms with Crippen molar-refractivity contribution in [1.82, 2.24) is 10.2 Å². The molecule has 5 heteroatoms. The Hall–Kier alpha value is -0.670. The number of nitriles is 1. The van der Waals surface area contributed by atoms with Gasteiger partial charge in [-0.15, -0.1) is 0 Å². The van der Waals surface area contributed by atoms with E-state index in [4.69, 9.17) is 9.47 Å². The predicted octanol–water partition coefficient (Wildman–Crippen LogP) is 1.01.